The summed E-state index contributed by atoms with van der Waals surface area (Å²) in [6, 6.07) is 9.43. The smallest absolute Gasteiger partial charge is 0.263 e. The highest BCUT2D eigenvalue weighted by atomic mass is 16.5. The molecule has 0 radical (unpaired) electrons. The van der Waals surface area contributed by atoms with Gasteiger partial charge < -0.3 is 14.4 Å². The number of benzene rings is 1. The Kier molecular flexibility index (Phi) is 4.42. The van der Waals surface area contributed by atoms with Crippen molar-refractivity contribution in [3.05, 3.63) is 58.1 Å². The van der Waals surface area contributed by atoms with Crippen molar-refractivity contribution in [2.45, 2.75) is 25.7 Å². The van der Waals surface area contributed by atoms with E-state index in [1.807, 2.05) is 31.2 Å². The minimum absolute atomic E-state index is 0.143. The van der Waals surface area contributed by atoms with Crippen LogP contribution in [0.25, 0.3) is 28.5 Å². The number of carbonyl (C=O) groups excluding carboxylic acids is 1. The van der Waals surface area contributed by atoms with Crippen molar-refractivity contribution in [2.24, 2.45) is 0 Å². The molecular formula is C21H20N6O3. The van der Waals surface area contributed by atoms with Crippen LogP contribution in [0.2, 0.25) is 0 Å². The van der Waals surface area contributed by atoms with Gasteiger partial charge in [0.15, 0.2) is 0 Å². The van der Waals surface area contributed by atoms with Crippen LogP contribution in [0.5, 0.6) is 0 Å². The molecule has 3 aromatic heterocycles. The Labute approximate surface area is 171 Å². The minimum atomic E-state index is -0.213. The van der Waals surface area contributed by atoms with Gasteiger partial charge in [-0.2, -0.15) is 10.1 Å². The Morgan fingerprint density at radius 3 is 2.70 bits per heavy atom. The molecule has 1 aliphatic rings. The Morgan fingerprint density at radius 2 is 1.97 bits per heavy atom. The predicted molar refractivity (Wildman–Crippen MR) is 109 cm³/mol. The third kappa shape index (κ3) is 3.18. The van der Waals surface area contributed by atoms with E-state index in [-0.39, 0.29) is 11.5 Å². The lowest BCUT2D eigenvalue weighted by molar-refractivity contribution is -0.119. The molecule has 4 aromatic rings. The molecule has 1 aliphatic heterocycles. The molecule has 9 nitrogen and oxygen atoms in total. The number of rotatable bonds is 4. The first-order chi connectivity index (χ1) is 14.6. The Balaban J connectivity index is 1.53. The molecule has 9 heteroatoms. The van der Waals surface area contributed by atoms with Gasteiger partial charge in [0.2, 0.25) is 12.2 Å². The summed E-state index contributed by atoms with van der Waals surface area (Å²) in [7, 11) is 0. The van der Waals surface area contributed by atoms with Crippen molar-refractivity contribution in [3.63, 3.8) is 0 Å². The Bertz CT molecular complexity index is 1260. The van der Waals surface area contributed by atoms with Crippen molar-refractivity contribution < 1.29 is 9.32 Å². The summed E-state index contributed by atoms with van der Waals surface area (Å²) in [5.74, 6) is 0.915. The van der Waals surface area contributed by atoms with Gasteiger partial charge >= 0.3 is 0 Å². The lowest BCUT2D eigenvalue weighted by Gasteiger charge is -2.29. The first-order valence-electron chi connectivity index (χ1n) is 9.84. The van der Waals surface area contributed by atoms with E-state index in [4.69, 9.17) is 4.52 Å². The number of carbonyl (C=O) groups is 1. The topological polar surface area (TPSA) is 109 Å². The fraction of sp³-hybridized carbons (Fsp3) is 0.286. The average Bonchev–Trinajstić information content (AvgIpc) is 3.41. The number of nitrogens with one attached hydrogen (secondary N) is 1. The number of aryl methyl sites for hydroxylation is 1. The molecular weight excluding hydrogens is 384 g/mol. The van der Waals surface area contributed by atoms with Crippen LogP contribution in [0.15, 0.2) is 45.8 Å². The summed E-state index contributed by atoms with van der Waals surface area (Å²) in [6.07, 6.45) is 4.06. The van der Waals surface area contributed by atoms with E-state index in [2.05, 4.69) is 20.2 Å². The third-order valence-corrected chi connectivity index (χ3v) is 5.60. The molecule has 0 bridgehead atoms. The van der Waals surface area contributed by atoms with Crippen LogP contribution in [-0.2, 0) is 4.79 Å². The van der Waals surface area contributed by atoms with Gasteiger partial charge in [-0.25, -0.2) is 4.52 Å². The largest absolute Gasteiger partial charge is 0.345 e. The molecule has 0 spiro atoms. The number of fused-ring (bicyclic) bond motifs is 1. The van der Waals surface area contributed by atoms with Gasteiger partial charge in [0.05, 0.1) is 11.9 Å². The highest BCUT2D eigenvalue weighted by Crippen LogP contribution is 2.30. The quantitative estimate of drug-likeness (QED) is 0.523. The number of aromatic nitrogens is 5. The van der Waals surface area contributed by atoms with Crippen molar-refractivity contribution in [2.75, 3.05) is 13.1 Å². The fourth-order valence-electron chi connectivity index (χ4n) is 3.91. The summed E-state index contributed by atoms with van der Waals surface area (Å²) in [5, 5.41) is 8.56. The molecule has 0 aliphatic carbocycles. The summed E-state index contributed by atoms with van der Waals surface area (Å²) in [5.41, 5.74) is 3.70. The van der Waals surface area contributed by atoms with Gasteiger partial charge in [-0.1, -0.05) is 35.0 Å². The number of likely N-dealkylation sites (tertiary alicyclic amines) is 1. The fourth-order valence-corrected chi connectivity index (χ4v) is 3.91. The highest BCUT2D eigenvalue weighted by molar-refractivity contribution is 5.72. The monoisotopic (exact) mass is 404 g/mol. The maximum Gasteiger partial charge on any atom is 0.263 e. The summed E-state index contributed by atoms with van der Waals surface area (Å²) in [6.45, 7) is 3.35. The van der Waals surface area contributed by atoms with Crippen LogP contribution in [0.1, 0.15) is 30.0 Å². The van der Waals surface area contributed by atoms with Crippen LogP contribution in [0, 0.1) is 6.92 Å². The number of H-pyrrole nitrogens is 1. The van der Waals surface area contributed by atoms with Crippen molar-refractivity contribution in [3.8, 4) is 22.8 Å². The molecule has 30 heavy (non-hydrogen) atoms. The molecule has 1 aromatic carbocycles. The van der Waals surface area contributed by atoms with E-state index in [0.29, 0.717) is 36.0 Å². The van der Waals surface area contributed by atoms with Gasteiger partial charge in [-0.3, -0.25) is 9.59 Å². The first kappa shape index (κ1) is 18.3. The second-order valence-electron chi connectivity index (χ2n) is 7.58. The number of hydrogen-bond donors (Lipinski definition) is 1. The molecule has 152 valence electrons. The normalized spacial score (nSPS) is 15.0. The second-order valence-corrected chi connectivity index (χ2v) is 7.58. The molecule has 1 saturated heterocycles. The van der Waals surface area contributed by atoms with E-state index >= 15 is 0 Å². The van der Waals surface area contributed by atoms with Crippen LogP contribution < -0.4 is 5.56 Å². The standard InChI is InChI=1S/C21H20N6O3/c1-13-2-4-15(5-3-13)19-24-21(30-25-19)16-11-22-27-17(10-18(29)23-20(16)27)14-6-8-26(12-28)9-7-14/h2-5,10-12,14H,6-9H2,1H3,(H,23,29). The number of hydrogen-bond acceptors (Lipinski definition) is 6. The van der Waals surface area contributed by atoms with E-state index in [9.17, 15) is 9.59 Å². The lowest BCUT2D eigenvalue weighted by atomic mass is 9.93. The van der Waals surface area contributed by atoms with Crippen LogP contribution >= 0.6 is 0 Å². The molecule has 1 N–H and O–H groups in total. The zero-order chi connectivity index (χ0) is 20.7. The summed E-state index contributed by atoms with van der Waals surface area (Å²) < 4.78 is 7.20. The Morgan fingerprint density at radius 1 is 1.20 bits per heavy atom. The molecule has 0 atom stereocenters. The van der Waals surface area contributed by atoms with E-state index in [1.54, 1.807) is 21.7 Å². The van der Waals surface area contributed by atoms with E-state index in [1.165, 1.54) is 0 Å². The number of piperidine rings is 1. The summed E-state index contributed by atoms with van der Waals surface area (Å²) in [4.78, 5) is 32.4. The van der Waals surface area contributed by atoms with Gasteiger partial charge in [0.25, 0.3) is 11.4 Å². The Hall–Kier alpha value is -3.75. The van der Waals surface area contributed by atoms with Crippen molar-refractivity contribution in [1.82, 2.24) is 29.6 Å². The third-order valence-electron chi connectivity index (χ3n) is 5.60. The maximum atomic E-state index is 12.4. The maximum absolute atomic E-state index is 12.4. The van der Waals surface area contributed by atoms with Gasteiger partial charge in [0, 0.05) is 30.6 Å². The van der Waals surface area contributed by atoms with Gasteiger partial charge in [0.1, 0.15) is 11.2 Å². The molecule has 0 saturated carbocycles. The van der Waals surface area contributed by atoms with Gasteiger partial charge in [-0.15, -0.1) is 0 Å². The van der Waals surface area contributed by atoms with Crippen molar-refractivity contribution >= 4 is 12.1 Å². The number of aromatic amines is 1. The van der Waals surface area contributed by atoms with Gasteiger partial charge in [-0.05, 0) is 19.8 Å². The molecule has 5 rings (SSSR count). The predicted octanol–water partition coefficient (Wildman–Crippen LogP) is 2.38. The van der Waals surface area contributed by atoms with Crippen LogP contribution in [0.4, 0.5) is 0 Å². The molecule has 4 heterocycles. The molecule has 1 amide bonds. The van der Waals surface area contributed by atoms with Crippen LogP contribution in [-0.4, -0.2) is 49.1 Å². The van der Waals surface area contributed by atoms with Crippen LogP contribution in [0.3, 0.4) is 0 Å². The van der Waals surface area contributed by atoms with Crippen molar-refractivity contribution in [1.29, 1.82) is 0 Å². The number of amides is 1. The average molecular weight is 404 g/mol. The summed E-state index contributed by atoms with van der Waals surface area (Å²) >= 11 is 0. The minimum Gasteiger partial charge on any atom is -0.345 e. The van der Waals surface area contributed by atoms with E-state index in [0.717, 1.165) is 36.1 Å². The molecule has 0 unspecified atom stereocenters. The second kappa shape index (κ2) is 7.25. The first-order valence-corrected chi connectivity index (χ1v) is 9.84. The number of nitrogens with zero attached hydrogens (tertiary/aromatic N) is 5. The highest BCUT2D eigenvalue weighted by Gasteiger charge is 2.24. The SMILES string of the molecule is Cc1ccc(-c2noc(-c3cnn4c(C5CCN(C=O)CC5)cc(=O)[nH]c34)n2)cc1. The zero-order valence-electron chi connectivity index (χ0n) is 16.4. The zero-order valence-corrected chi connectivity index (χ0v) is 16.4. The lowest BCUT2D eigenvalue weighted by Crippen LogP contribution is -2.32. The van der Waals surface area contributed by atoms with E-state index < -0.39 is 0 Å². The molecule has 1 fully saturated rings.